The lowest BCUT2D eigenvalue weighted by Gasteiger charge is -2.18. The van der Waals surface area contributed by atoms with E-state index < -0.39 is 12.0 Å². The van der Waals surface area contributed by atoms with Gasteiger partial charge in [-0.15, -0.1) is 11.8 Å². The van der Waals surface area contributed by atoms with E-state index >= 15 is 0 Å². The van der Waals surface area contributed by atoms with E-state index in [0.29, 0.717) is 12.8 Å². The van der Waals surface area contributed by atoms with Crippen LogP contribution in [-0.4, -0.2) is 30.3 Å². The van der Waals surface area contributed by atoms with E-state index in [1.54, 1.807) is 18.9 Å². The number of thioether (sulfide) groups is 1. The summed E-state index contributed by atoms with van der Waals surface area (Å²) in [7, 11) is 1.61. The molecule has 26 heavy (non-hydrogen) atoms. The molecule has 5 nitrogen and oxygen atoms in total. The number of carbonyl (C=O) groups is 2. The molecule has 0 heterocycles. The van der Waals surface area contributed by atoms with Gasteiger partial charge in [-0.25, -0.2) is 0 Å². The number of benzene rings is 2. The van der Waals surface area contributed by atoms with Crippen molar-refractivity contribution in [3.05, 3.63) is 59.7 Å². The maximum absolute atomic E-state index is 12.3. The minimum absolute atomic E-state index is 0.146. The minimum Gasteiger partial charge on any atom is -0.497 e. The van der Waals surface area contributed by atoms with Crippen molar-refractivity contribution in [1.29, 1.82) is 0 Å². The highest BCUT2D eigenvalue weighted by Gasteiger charge is 2.18. The monoisotopic (exact) mass is 373 g/mol. The summed E-state index contributed by atoms with van der Waals surface area (Å²) in [6, 6.07) is 14.6. The molecule has 0 saturated heterocycles. The molecule has 2 N–H and O–H groups in total. The predicted molar refractivity (Wildman–Crippen MR) is 103 cm³/mol. The normalized spacial score (nSPS) is 11.6. The fourth-order valence-corrected chi connectivity index (χ4v) is 2.99. The van der Waals surface area contributed by atoms with Crippen LogP contribution in [0.1, 0.15) is 30.0 Å². The maximum Gasteiger partial charge on any atom is 0.305 e. The van der Waals surface area contributed by atoms with Crippen LogP contribution >= 0.6 is 11.8 Å². The lowest BCUT2D eigenvalue weighted by molar-refractivity contribution is -0.137. The van der Waals surface area contributed by atoms with E-state index in [2.05, 4.69) is 5.32 Å². The van der Waals surface area contributed by atoms with Gasteiger partial charge < -0.3 is 15.2 Å². The highest BCUT2D eigenvalue weighted by atomic mass is 32.2. The van der Waals surface area contributed by atoms with Gasteiger partial charge in [-0.1, -0.05) is 24.3 Å². The number of nitrogens with one attached hydrogen (secondary N) is 1. The van der Waals surface area contributed by atoms with Gasteiger partial charge in [0.15, 0.2) is 0 Å². The topological polar surface area (TPSA) is 75.6 Å². The first-order chi connectivity index (χ1) is 12.5. The predicted octanol–water partition coefficient (Wildman–Crippen LogP) is 3.68. The molecule has 1 unspecified atom stereocenters. The molecular formula is C20H23NO4S. The van der Waals surface area contributed by atoms with Crippen molar-refractivity contribution in [2.24, 2.45) is 0 Å². The van der Waals surface area contributed by atoms with E-state index in [1.807, 2.05) is 54.8 Å². The summed E-state index contributed by atoms with van der Waals surface area (Å²) in [5, 5.41) is 12.0. The van der Waals surface area contributed by atoms with Crippen LogP contribution in [0.2, 0.25) is 0 Å². The lowest BCUT2D eigenvalue weighted by atomic mass is 10.0. The Bertz CT molecular complexity index is 728. The Hall–Kier alpha value is -2.47. The molecule has 1 amide bonds. The molecule has 0 bridgehead atoms. The molecule has 0 aliphatic carbocycles. The molecule has 0 spiro atoms. The summed E-state index contributed by atoms with van der Waals surface area (Å²) in [5.74, 6) is -0.339. The number of ether oxygens (including phenoxy) is 1. The summed E-state index contributed by atoms with van der Waals surface area (Å²) in [5.41, 5.74) is 1.82. The molecule has 0 aliphatic rings. The molecule has 0 fully saturated rings. The molecule has 2 aromatic rings. The van der Waals surface area contributed by atoms with Crippen molar-refractivity contribution in [2.75, 3.05) is 13.4 Å². The second-order valence-corrected chi connectivity index (χ2v) is 6.72. The number of hydrogen-bond acceptors (Lipinski definition) is 4. The highest BCUT2D eigenvalue weighted by Crippen LogP contribution is 2.22. The van der Waals surface area contributed by atoms with Crippen molar-refractivity contribution in [2.45, 2.75) is 30.2 Å². The largest absolute Gasteiger partial charge is 0.497 e. The van der Waals surface area contributed by atoms with Crippen LogP contribution in [0.25, 0.3) is 0 Å². The maximum atomic E-state index is 12.3. The third-order valence-corrected chi connectivity index (χ3v) is 4.78. The molecule has 1 atom stereocenters. The first-order valence-corrected chi connectivity index (χ1v) is 9.52. The van der Waals surface area contributed by atoms with Crippen LogP contribution in [0.4, 0.5) is 0 Å². The molecule has 6 heteroatoms. The number of carbonyl (C=O) groups excluding carboxylic acids is 1. The van der Waals surface area contributed by atoms with E-state index in [4.69, 9.17) is 9.84 Å². The van der Waals surface area contributed by atoms with Crippen LogP contribution in [0.15, 0.2) is 53.4 Å². The van der Waals surface area contributed by atoms with Crippen LogP contribution in [-0.2, 0) is 16.0 Å². The minimum atomic E-state index is -0.945. The quantitative estimate of drug-likeness (QED) is 0.656. The Labute approximate surface area is 157 Å². The Morgan fingerprint density at radius 1 is 1.12 bits per heavy atom. The summed E-state index contributed by atoms with van der Waals surface area (Å²) in [6.07, 6.45) is 2.71. The standard InChI is InChI=1S/C20H23NO4S/c1-25-16-8-3-14(4-9-16)5-12-19(22)21-18(13-20(23)24)15-6-10-17(26-2)11-7-15/h3-4,6-11,18H,5,12-13H2,1-2H3,(H,21,22)(H,23,24). The Morgan fingerprint density at radius 2 is 1.77 bits per heavy atom. The van der Waals surface area contributed by atoms with Crippen LogP contribution in [0.5, 0.6) is 5.75 Å². The number of hydrogen-bond donors (Lipinski definition) is 2. The van der Waals surface area contributed by atoms with Crippen molar-refractivity contribution in [1.82, 2.24) is 5.32 Å². The molecule has 2 rings (SSSR count). The first-order valence-electron chi connectivity index (χ1n) is 8.30. The number of aryl methyl sites for hydroxylation is 1. The molecule has 0 aliphatic heterocycles. The Morgan fingerprint density at radius 3 is 2.31 bits per heavy atom. The van der Waals surface area contributed by atoms with Gasteiger partial charge in [0.25, 0.3) is 0 Å². The molecule has 0 saturated carbocycles. The van der Waals surface area contributed by atoms with Gasteiger partial charge in [0.2, 0.25) is 5.91 Å². The van der Waals surface area contributed by atoms with E-state index in [0.717, 1.165) is 21.8 Å². The van der Waals surface area contributed by atoms with Crippen molar-refractivity contribution in [3.8, 4) is 5.75 Å². The number of aliphatic carboxylic acids is 1. The summed E-state index contributed by atoms with van der Waals surface area (Å²) in [6.45, 7) is 0. The van der Waals surface area contributed by atoms with Crippen LogP contribution < -0.4 is 10.1 Å². The van der Waals surface area contributed by atoms with Gasteiger partial charge in [0, 0.05) is 11.3 Å². The lowest BCUT2D eigenvalue weighted by Crippen LogP contribution is -2.30. The van der Waals surface area contributed by atoms with Crippen LogP contribution in [0, 0.1) is 0 Å². The van der Waals surface area contributed by atoms with Crippen LogP contribution in [0.3, 0.4) is 0 Å². The first kappa shape index (κ1) is 19.8. The summed E-state index contributed by atoms with van der Waals surface area (Å²) < 4.78 is 5.11. The molecule has 2 aromatic carbocycles. The van der Waals surface area contributed by atoms with Gasteiger partial charge >= 0.3 is 5.97 Å². The van der Waals surface area contributed by atoms with Crippen molar-refractivity contribution >= 4 is 23.6 Å². The number of amides is 1. The SMILES string of the molecule is COc1ccc(CCC(=O)NC(CC(=O)O)c2ccc(SC)cc2)cc1. The van der Waals surface area contributed by atoms with E-state index in [9.17, 15) is 9.59 Å². The number of carboxylic acids is 1. The second kappa shape index (κ2) is 9.87. The van der Waals surface area contributed by atoms with Gasteiger partial charge in [-0.2, -0.15) is 0 Å². The number of rotatable bonds is 9. The smallest absolute Gasteiger partial charge is 0.305 e. The Balaban J connectivity index is 1.97. The third-order valence-electron chi connectivity index (χ3n) is 4.03. The van der Waals surface area contributed by atoms with Crippen molar-refractivity contribution < 1.29 is 19.4 Å². The average molecular weight is 373 g/mol. The van der Waals surface area contributed by atoms with Gasteiger partial charge in [-0.05, 0) is 48.1 Å². The molecule has 0 aromatic heterocycles. The highest BCUT2D eigenvalue weighted by molar-refractivity contribution is 7.98. The number of methoxy groups -OCH3 is 1. The zero-order valence-electron chi connectivity index (χ0n) is 14.9. The van der Waals surface area contributed by atoms with Gasteiger partial charge in [0.05, 0.1) is 19.6 Å². The molecule has 138 valence electrons. The van der Waals surface area contributed by atoms with Gasteiger partial charge in [0.1, 0.15) is 5.75 Å². The molecule has 0 radical (unpaired) electrons. The van der Waals surface area contributed by atoms with Gasteiger partial charge in [-0.3, -0.25) is 9.59 Å². The summed E-state index contributed by atoms with van der Waals surface area (Å²) in [4.78, 5) is 24.5. The average Bonchev–Trinajstić information content (AvgIpc) is 2.66. The summed E-state index contributed by atoms with van der Waals surface area (Å²) >= 11 is 1.61. The zero-order valence-corrected chi connectivity index (χ0v) is 15.7. The van der Waals surface area contributed by atoms with Crippen molar-refractivity contribution in [3.63, 3.8) is 0 Å². The van der Waals surface area contributed by atoms with E-state index in [-0.39, 0.29) is 12.3 Å². The zero-order chi connectivity index (χ0) is 18.9. The number of carboxylic acid groups (broad SMARTS) is 1. The fourth-order valence-electron chi connectivity index (χ4n) is 2.58. The third kappa shape index (κ3) is 6.11. The fraction of sp³-hybridized carbons (Fsp3) is 0.300. The molecular weight excluding hydrogens is 350 g/mol. The van der Waals surface area contributed by atoms with E-state index in [1.165, 1.54) is 0 Å². The Kier molecular flexibility index (Phi) is 7.53. The second-order valence-electron chi connectivity index (χ2n) is 5.84.